The molecule has 1 unspecified atom stereocenters. The molecule has 0 spiro atoms. The molecule has 6 N–H and O–H groups in total. The molecule has 2 fully saturated rings. The van der Waals surface area contributed by atoms with E-state index in [9.17, 15) is 19.6 Å². The summed E-state index contributed by atoms with van der Waals surface area (Å²) in [5, 5.41) is 28.5. The number of carbonyl (C=O) groups is 3. The molecule has 12 heteroatoms. The molecule has 0 saturated heterocycles. The van der Waals surface area contributed by atoms with Crippen molar-refractivity contribution in [1.29, 1.82) is 5.26 Å². The number of benzene rings is 2. The van der Waals surface area contributed by atoms with Crippen molar-refractivity contribution in [3.05, 3.63) is 75.6 Å². The van der Waals surface area contributed by atoms with Crippen molar-refractivity contribution in [3.63, 3.8) is 0 Å². The Labute approximate surface area is 249 Å². The fourth-order valence-corrected chi connectivity index (χ4v) is 6.76. The van der Waals surface area contributed by atoms with Crippen LogP contribution in [-0.2, 0) is 23.1 Å². The maximum atomic E-state index is 13.4. The molecule has 3 amide bonds. The minimum atomic E-state index is -0.906. The SMILES string of the molecule is CC(C#N)N(C(=O)CN[C@@H](CC1(c2nnn[nH]2)c2ccc(C(N)=O)cc2CCc2cc(C(N)=O)ccc21)C1CC1)C1CC1. The van der Waals surface area contributed by atoms with Crippen LogP contribution >= 0.6 is 0 Å². The molecule has 2 atom stereocenters. The number of nitrogens with zero attached hydrogens (tertiary/aromatic N) is 5. The number of amides is 3. The summed E-state index contributed by atoms with van der Waals surface area (Å²) in [5.41, 5.74) is 15.0. The number of primary amides is 2. The largest absolute Gasteiger partial charge is 0.366 e. The number of H-pyrrole nitrogens is 1. The Morgan fingerprint density at radius 2 is 1.65 bits per heavy atom. The van der Waals surface area contributed by atoms with E-state index < -0.39 is 23.3 Å². The smallest absolute Gasteiger partial charge is 0.248 e. The highest BCUT2D eigenvalue weighted by atomic mass is 16.2. The van der Waals surface area contributed by atoms with Gasteiger partial charge in [0.05, 0.1) is 18.0 Å². The van der Waals surface area contributed by atoms with Crippen molar-refractivity contribution in [2.75, 3.05) is 6.54 Å². The molecule has 0 radical (unpaired) electrons. The van der Waals surface area contributed by atoms with Crippen molar-refractivity contribution in [2.24, 2.45) is 17.4 Å². The molecule has 1 aromatic heterocycles. The Kier molecular flexibility index (Phi) is 7.43. The van der Waals surface area contributed by atoms with Crippen LogP contribution in [0.1, 0.15) is 87.8 Å². The highest BCUT2D eigenvalue weighted by Gasteiger charge is 2.48. The predicted octanol–water partition coefficient (Wildman–Crippen LogP) is 1.49. The van der Waals surface area contributed by atoms with E-state index in [0.717, 1.165) is 47.9 Å². The van der Waals surface area contributed by atoms with Crippen LogP contribution in [0.2, 0.25) is 0 Å². The number of hydrogen-bond donors (Lipinski definition) is 4. The number of aromatic amines is 1. The van der Waals surface area contributed by atoms with Crippen LogP contribution in [0.3, 0.4) is 0 Å². The van der Waals surface area contributed by atoms with Crippen LogP contribution in [0.4, 0.5) is 0 Å². The molecule has 0 bridgehead atoms. The maximum Gasteiger partial charge on any atom is 0.248 e. The molecular weight excluding hydrogens is 546 g/mol. The number of tetrazole rings is 1. The standard InChI is InChI=1S/C31H35N9O3/c1-17(15-32)40(23-8-9-23)27(41)16-35-26(18-2-3-18)14-31(30-36-38-39-37-30)24-10-6-21(28(33)42)12-19(24)4-5-20-13-22(29(34)43)7-11-25(20)31/h6-7,10-13,17-18,23,26,35H,2-5,8-9,14,16H2,1H3,(H2,33,42)(H2,34,43)(H,36,37,38,39)/t17?,26-/m0/s1. The number of hydrogen-bond acceptors (Lipinski definition) is 8. The Balaban J connectivity index is 1.45. The van der Waals surface area contributed by atoms with Gasteiger partial charge in [0.25, 0.3) is 0 Å². The molecule has 222 valence electrons. The van der Waals surface area contributed by atoms with Crippen LogP contribution < -0.4 is 16.8 Å². The number of nitriles is 1. The van der Waals surface area contributed by atoms with Crippen molar-refractivity contribution in [3.8, 4) is 6.07 Å². The summed E-state index contributed by atoms with van der Waals surface area (Å²) in [6, 6.07) is 12.7. The van der Waals surface area contributed by atoms with Gasteiger partial charge in [-0.25, -0.2) is 5.10 Å². The molecular formula is C31H35N9O3. The highest BCUT2D eigenvalue weighted by molar-refractivity contribution is 5.94. The maximum absolute atomic E-state index is 13.4. The van der Waals surface area contributed by atoms with Crippen molar-refractivity contribution in [1.82, 2.24) is 30.8 Å². The molecule has 2 aromatic carbocycles. The lowest BCUT2D eigenvalue weighted by Gasteiger charge is -2.38. The molecule has 0 aliphatic heterocycles. The van der Waals surface area contributed by atoms with E-state index in [4.69, 9.17) is 11.5 Å². The van der Waals surface area contributed by atoms with Gasteiger partial charge >= 0.3 is 0 Å². The van der Waals surface area contributed by atoms with E-state index in [0.29, 0.717) is 42.1 Å². The number of aryl methyl sites for hydroxylation is 2. The first-order valence-corrected chi connectivity index (χ1v) is 14.8. The zero-order valence-corrected chi connectivity index (χ0v) is 24.0. The van der Waals surface area contributed by atoms with Gasteiger partial charge in [-0.1, -0.05) is 12.1 Å². The minimum absolute atomic E-state index is 0.0866. The fraction of sp³-hybridized carbons (Fsp3) is 0.452. The Morgan fingerprint density at radius 3 is 2.12 bits per heavy atom. The second-order valence-electron chi connectivity index (χ2n) is 12.0. The fourth-order valence-electron chi connectivity index (χ4n) is 6.76. The lowest BCUT2D eigenvalue weighted by atomic mass is 9.67. The van der Waals surface area contributed by atoms with E-state index in [1.54, 1.807) is 24.0 Å². The van der Waals surface area contributed by atoms with E-state index in [2.05, 4.69) is 32.0 Å². The summed E-state index contributed by atoms with van der Waals surface area (Å²) < 4.78 is 0. The first-order chi connectivity index (χ1) is 20.7. The molecule has 1 heterocycles. The van der Waals surface area contributed by atoms with Gasteiger partial charge in [0, 0.05) is 23.2 Å². The van der Waals surface area contributed by atoms with Gasteiger partial charge in [-0.05, 0) is 115 Å². The van der Waals surface area contributed by atoms with Crippen LogP contribution in [0.15, 0.2) is 36.4 Å². The monoisotopic (exact) mass is 581 g/mol. The van der Waals surface area contributed by atoms with Crippen LogP contribution in [0.5, 0.6) is 0 Å². The Hall–Kier alpha value is -4.63. The summed E-state index contributed by atoms with van der Waals surface area (Å²) >= 11 is 0. The van der Waals surface area contributed by atoms with Crippen LogP contribution in [0.25, 0.3) is 0 Å². The third kappa shape index (κ3) is 5.36. The summed E-state index contributed by atoms with van der Waals surface area (Å²) in [4.78, 5) is 39.5. The zero-order valence-electron chi connectivity index (χ0n) is 24.0. The van der Waals surface area contributed by atoms with E-state index >= 15 is 0 Å². The minimum Gasteiger partial charge on any atom is -0.366 e. The van der Waals surface area contributed by atoms with Crippen molar-refractivity contribution >= 4 is 17.7 Å². The highest BCUT2D eigenvalue weighted by Crippen LogP contribution is 2.49. The summed E-state index contributed by atoms with van der Waals surface area (Å²) in [6.45, 7) is 1.87. The van der Waals surface area contributed by atoms with Gasteiger partial charge < -0.3 is 21.7 Å². The van der Waals surface area contributed by atoms with Gasteiger partial charge in [0.15, 0.2) is 5.82 Å². The molecule has 2 saturated carbocycles. The molecule has 12 nitrogen and oxygen atoms in total. The number of nitrogens with one attached hydrogen (secondary N) is 2. The van der Waals surface area contributed by atoms with Crippen molar-refractivity contribution < 1.29 is 14.4 Å². The normalized spacial score (nSPS) is 18.3. The second kappa shape index (κ2) is 11.2. The first-order valence-electron chi connectivity index (χ1n) is 14.8. The Bertz CT molecular complexity index is 1540. The van der Waals surface area contributed by atoms with Gasteiger partial charge in [0.2, 0.25) is 17.7 Å². The lowest BCUT2D eigenvalue weighted by molar-refractivity contribution is -0.132. The molecule has 43 heavy (non-hydrogen) atoms. The second-order valence-corrected chi connectivity index (χ2v) is 12.0. The molecule has 6 rings (SSSR count). The topological polar surface area (TPSA) is 197 Å². The molecule has 3 aromatic rings. The lowest BCUT2D eigenvalue weighted by Crippen LogP contribution is -2.48. The third-order valence-corrected chi connectivity index (χ3v) is 9.18. The van der Waals surface area contributed by atoms with E-state index in [1.807, 2.05) is 24.3 Å². The molecule has 3 aliphatic rings. The van der Waals surface area contributed by atoms with Crippen LogP contribution in [0, 0.1) is 17.2 Å². The number of carbonyl (C=O) groups excluding carboxylic acids is 3. The average molecular weight is 582 g/mol. The number of aromatic nitrogens is 4. The third-order valence-electron chi connectivity index (χ3n) is 9.18. The summed E-state index contributed by atoms with van der Waals surface area (Å²) in [7, 11) is 0. The number of rotatable bonds is 11. The predicted molar refractivity (Wildman–Crippen MR) is 155 cm³/mol. The van der Waals surface area contributed by atoms with Crippen LogP contribution in [-0.4, -0.2) is 67.9 Å². The van der Waals surface area contributed by atoms with Gasteiger partial charge in [-0.3, -0.25) is 14.4 Å². The number of fused-ring (bicyclic) bond motifs is 2. The summed E-state index contributed by atoms with van der Waals surface area (Å²) in [5.74, 6) is -0.275. The Morgan fingerprint density at radius 1 is 1.05 bits per heavy atom. The van der Waals surface area contributed by atoms with Crippen molar-refractivity contribution in [2.45, 2.75) is 75.4 Å². The zero-order chi connectivity index (χ0) is 30.3. The number of nitrogens with two attached hydrogens (primary N) is 2. The molecule has 3 aliphatic carbocycles. The van der Waals surface area contributed by atoms with Gasteiger partial charge in [-0.2, -0.15) is 5.26 Å². The quantitative estimate of drug-likeness (QED) is 0.261. The van der Waals surface area contributed by atoms with E-state index in [1.165, 1.54) is 0 Å². The van der Waals surface area contributed by atoms with Gasteiger partial charge in [-0.15, -0.1) is 5.10 Å². The van der Waals surface area contributed by atoms with Gasteiger partial charge in [0.1, 0.15) is 6.04 Å². The average Bonchev–Trinajstić information content (AvgIpc) is 3.95. The van der Waals surface area contributed by atoms with E-state index in [-0.39, 0.29) is 24.5 Å². The summed E-state index contributed by atoms with van der Waals surface area (Å²) in [6.07, 6.45) is 5.55. The first kappa shape index (κ1) is 28.5.